The molecule has 0 amide bonds. The normalized spacial score (nSPS) is 12.2. The van der Waals surface area contributed by atoms with E-state index in [4.69, 9.17) is 16.2 Å². The highest BCUT2D eigenvalue weighted by atomic mass is 16.5. The number of benzene rings is 1. The van der Waals surface area contributed by atoms with Crippen molar-refractivity contribution in [2.75, 3.05) is 6.54 Å². The standard InChI is InChI=1S/C16H26N2O2/c1-2-3-7-13-8-6-9-14(12-13)20-16(19)15(18)10-4-5-11-17/h6,8-9,12,15H,2-5,7,10-11,17-18H2,1H3. The molecule has 0 aromatic heterocycles. The molecule has 0 aliphatic heterocycles. The van der Waals surface area contributed by atoms with Crippen molar-refractivity contribution in [1.29, 1.82) is 0 Å². The van der Waals surface area contributed by atoms with Crippen LogP contribution in [0.15, 0.2) is 24.3 Å². The molecule has 0 bridgehead atoms. The number of nitrogens with two attached hydrogens (primary N) is 2. The van der Waals surface area contributed by atoms with Gasteiger partial charge in [-0.25, -0.2) is 4.79 Å². The molecule has 0 aliphatic rings. The van der Waals surface area contributed by atoms with Crippen molar-refractivity contribution in [1.82, 2.24) is 0 Å². The van der Waals surface area contributed by atoms with Crippen LogP contribution in [-0.2, 0) is 11.2 Å². The van der Waals surface area contributed by atoms with Crippen LogP contribution in [0.1, 0.15) is 44.6 Å². The lowest BCUT2D eigenvalue weighted by Gasteiger charge is -2.11. The number of ether oxygens (including phenoxy) is 1. The van der Waals surface area contributed by atoms with Crippen LogP contribution in [0, 0.1) is 0 Å². The largest absolute Gasteiger partial charge is 0.425 e. The van der Waals surface area contributed by atoms with Gasteiger partial charge in [-0.15, -0.1) is 0 Å². The summed E-state index contributed by atoms with van der Waals surface area (Å²) in [5.41, 5.74) is 12.4. The van der Waals surface area contributed by atoms with Crippen LogP contribution in [0.4, 0.5) is 0 Å². The quantitative estimate of drug-likeness (QED) is 0.413. The zero-order chi connectivity index (χ0) is 14.8. The average Bonchev–Trinajstić information content (AvgIpc) is 2.45. The molecule has 0 saturated heterocycles. The lowest BCUT2D eigenvalue weighted by atomic mass is 10.1. The zero-order valence-corrected chi connectivity index (χ0v) is 12.3. The zero-order valence-electron chi connectivity index (χ0n) is 12.3. The van der Waals surface area contributed by atoms with Crippen LogP contribution in [0.3, 0.4) is 0 Å². The fourth-order valence-electron chi connectivity index (χ4n) is 1.96. The van der Waals surface area contributed by atoms with Gasteiger partial charge in [0.25, 0.3) is 0 Å². The minimum absolute atomic E-state index is 0.366. The Morgan fingerprint density at radius 3 is 2.80 bits per heavy atom. The molecule has 4 heteroatoms. The summed E-state index contributed by atoms with van der Waals surface area (Å²) in [6.45, 7) is 2.78. The van der Waals surface area contributed by atoms with Crippen LogP contribution in [0.2, 0.25) is 0 Å². The van der Waals surface area contributed by atoms with E-state index in [1.807, 2.05) is 18.2 Å². The van der Waals surface area contributed by atoms with Crippen molar-refractivity contribution in [3.63, 3.8) is 0 Å². The van der Waals surface area contributed by atoms with E-state index in [1.54, 1.807) is 6.07 Å². The summed E-state index contributed by atoms with van der Waals surface area (Å²) in [7, 11) is 0. The minimum atomic E-state index is -0.569. The van der Waals surface area contributed by atoms with Gasteiger partial charge in [0.1, 0.15) is 11.8 Å². The van der Waals surface area contributed by atoms with Crippen LogP contribution < -0.4 is 16.2 Å². The molecule has 1 atom stereocenters. The van der Waals surface area contributed by atoms with Gasteiger partial charge >= 0.3 is 5.97 Å². The Kier molecular flexibility index (Phi) is 7.92. The molecular weight excluding hydrogens is 252 g/mol. The molecular formula is C16H26N2O2. The Labute approximate surface area is 121 Å². The van der Waals surface area contributed by atoms with Gasteiger partial charge in [-0.2, -0.15) is 0 Å². The molecule has 0 fully saturated rings. The third kappa shape index (κ3) is 6.17. The van der Waals surface area contributed by atoms with E-state index < -0.39 is 6.04 Å². The van der Waals surface area contributed by atoms with E-state index >= 15 is 0 Å². The highest BCUT2D eigenvalue weighted by Gasteiger charge is 2.15. The maximum absolute atomic E-state index is 11.9. The van der Waals surface area contributed by atoms with E-state index in [9.17, 15) is 4.79 Å². The molecule has 0 saturated carbocycles. The number of esters is 1. The Morgan fingerprint density at radius 2 is 2.10 bits per heavy atom. The molecule has 1 aromatic rings. The van der Waals surface area contributed by atoms with Gasteiger partial charge in [-0.05, 0) is 49.9 Å². The Bertz CT molecular complexity index is 407. The van der Waals surface area contributed by atoms with Gasteiger partial charge in [0.05, 0.1) is 0 Å². The summed E-state index contributed by atoms with van der Waals surface area (Å²) in [5, 5.41) is 0. The molecule has 4 N–H and O–H groups in total. The topological polar surface area (TPSA) is 78.3 Å². The summed E-state index contributed by atoms with van der Waals surface area (Å²) in [4.78, 5) is 11.9. The number of hydrogen-bond acceptors (Lipinski definition) is 4. The predicted octanol–water partition coefficient (Wildman–Crippen LogP) is 2.39. The van der Waals surface area contributed by atoms with Crippen LogP contribution in [-0.4, -0.2) is 18.6 Å². The van der Waals surface area contributed by atoms with Crippen LogP contribution in [0.5, 0.6) is 5.75 Å². The number of rotatable bonds is 9. The molecule has 0 heterocycles. The summed E-state index contributed by atoms with van der Waals surface area (Å²) < 4.78 is 5.33. The molecule has 1 rings (SSSR count). The van der Waals surface area contributed by atoms with E-state index in [1.165, 1.54) is 5.56 Å². The number of carbonyl (C=O) groups excluding carboxylic acids is 1. The third-order valence-electron chi connectivity index (χ3n) is 3.21. The van der Waals surface area contributed by atoms with Gasteiger partial charge in [0.15, 0.2) is 0 Å². The first-order valence-corrected chi connectivity index (χ1v) is 7.43. The van der Waals surface area contributed by atoms with Gasteiger partial charge in [-0.3, -0.25) is 0 Å². The molecule has 20 heavy (non-hydrogen) atoms. The number of unbranched alkanes of at least 4 members (excludes halogenated alkanes) is 2. The average molecular weight is 278 g/mol. The van der Waals surface area contributed by atoms with Crippen molar-refractivity contribution in [3.8, 4) is 5.75 Å². The van der Waals surface area contributed by atoms with Crippen molar-refractivity contribution in [2.45, 2.75) is 51.5 Å². The van der Waals surface area contributed by atoms with Gasteiger partial charge < -0.3 is 16.2 Å². The fourth-order valence-corrected chi connectivity index (χ4v) is 1.96. The SMILES string of the molecule is CCCCc1cccc(OC(=O)C(N)CCCCN)c1. The number of aryl methyl sites for hydroxylation is 1. The second-order valence-corrected chi connectivity index (χ2v) is 5.06. The molecule has 1 aromatic carbocycles. The Morgan fingerprint density at radius 1 is 1.30 bits per heavy atom. The number of carbonyl (C=O) groups is 1. The third-order valence-corrected chi connectivity index (χ3v) is 3.21. The lowest BCUT2D eigenvalue weighted by molar-refractivity contribution is -0.136. The molecule has 0 spiro atoms. The minimum Gasteiger partial charge on any atom is -0.425 e. The highest BCUT2D eigenvalue weighted by Crippen LogP contribution is 2.16. The molecule has 1 unspecified atom stereocenters. The van der Waals surface area contributed by atoms with Crippen molar-refractivity contribution < 1.29 is 9.53 Å². The fraction of sp³-hybridized carbons (Fsp3) is 0.562. The van der Waals surface area contributed by atoms with Crippen LogP contribution >= 0.6 is 0 Å². The van der Waals surface area contributed by atoms with E-state index in [0.29, 0.717) is 18.7 Å². The van der Waals surface area contributed by atoms with Gasteiger partial charge in [0, 0.05) is 0 Å². The monoisotopic (exact) mass is 278 g/mol. The Balaban J connectivity index is 2.48. The second kappa shape index (κ2) is 9.50. The first-order valence-electron chi connectivity index (χ1n) is 7.43. The maximum atomic E-state index is 11.9. The number of hydrogen-bond donors (Lipinski definition) is 2. The Hall–Kier alpha value is -1.39. The van der Waals surface area contributed by atoms with Crippen molar-refractivity contribution >= 4 is 5.97 Å². The lowest BCUT2D eigenvalue weighted by Crippen LogP contribution is -2.34. The first-order chi connectivity index (χ1) is 9.67. The summed E-state index contributed by atoms with van der Waals surface area (Å²) in [6, 6.07) is 7.10. The molecule has 112 valence electrons. The van der Waals surface area contributed by atoms with Gasteiger partial charge in [0.2, 0.25) is 0 Å². The summed E-state index contributed by atoms with van der Waals surface area (Å²) >= 11 is 0. The second-order valence-electron chi connectivity index (χ2n) is 5.06. The maximum Gasteiger partial charge on any atom is 0.328 e. The van der Waals surface area contributed by atoms with Crippen LogP contribution in [0.25, 0.3) is 0 Å². The van der Waals surface area contributed by atoms with Crippen molar-refractivity contribution in [3.05, 3.63) is 29.8 Å². The summed E-state index contributed by atoms with van der Waals surface area (Å²) in [5.74, 6) is 0.215. The molecule has 4 nitrogen and oxygen atoms in total. The van der Waals surface area contributed by atoms with Crippen molar-refractivity contribution in [2.24, 2.45) is 11.5 Å². The van der Waals surface area contributed by atoms with E-state index in [0.717, 1.165) is 32.1 Å². The molecule has 0 radical (unpaired) electrons. The van der Waals surface area contributed by atoms with E-state index in [-0.39, 0.29) is 5.97 Å². The molecule has 0 aliphatic carbocycles. The predicted molar refractivity (Wildman–Crippen MR) is 81.6 cm³/mol. The van der Waals surface area contributed by atoms with Gasteiger partial charge in [-0.1, -0.05) is 31.9 Å². The highest BCUT2D eigenvalue weighted by molar-refractivity contribution is 5.77. The smallest absolute Gasteiger partial charge is 0.328 e. The van der Waals surface area contributed by atoms with E-state index in [2.05, 4.69) is 6.92 Å². The summed E-state index contributed by atoms with van der Waals surface area (Å²) in [6.07, 6.45) is 5.64. The first kappa shape index (κ1) is 16.7.